The van der Waals surface area contributed by atoms with Gasteiger partial charge in [0.2, 0.25) is 5.91 Å². The van der Waals surface area contributed by atoms with Crippen molar-refractivity contribution in [2.45, 2.75) is 154 Å². The van der Waals surface area contributed by atoms with Gasteiger partial charge in [-0.2, -0.15) is 0 Å². The molecule has 0 aromatic carbocycles. The highest BCUT2D eigenvalue weighted by molar-refractivity contribution is 5.79. The third kappa shape index (κ3) is 47.9. The normalized spacial score (nSPS) is 11.1. The second-order valence-corrected chi connectivity index (χ2v) is 11.0. The molecule has 0 spiro atoms. The van der Waals surface area contributed by atoms with Crippen molar-refractivity contribution in [3.63, 3.8) is 0 Å². The van der Waals surface area contributed by atoms with Crippen LogP contribution in [0.1, 0.15) is 148 Å². The Morgan fingerprint density at radius 1 is 0.585 bits per heavy atom. The molecule has 1 atom stereocenters. The third-order valence-corrected chi connectivity index (χ3v) is 6.45. The molecule has 0 radical (unpaired) electrons. The lowest BCUT2D eigenvalue weighted by Crippen LogP contribution is -2.22. The number of hydrogen-bond acceptors (Lipinski definition) is 6. The fourth-order valence-corrected chi connectivity index (χ4v) is 3.94. The molecule has 10 heteroatoms. The van der Waals surface area contributed by atoms with Gasteiger partial charge in [-0.05, 0) is 20.5 Å². The lowest BCUT2D eigenvalue weighted by Gasteiger charge is -2.05. The van der Waals surface area contributed by atoms with E-state index in [0.29, 0.717) is 12.8 Å². The predicted octanol–water partition coefficient (Wildman–Crippen LogP) is 6.22. The Morgan fingerprint density at radius 2 is 0.927 bits per heavy atom. The van der Waals surface area contributed by atoms with Crippen LogP contribution < -0.4 is 5.73 Å². The van der Waals surface area contributed by atoms with E-state index in [2.05, 4.69) is 6.92 Å². The number of carbonyl (C=O) groups excluding carboxylic acids is 1. The van der Waals surface area contributed by atoms with Gasteiger partial charge in [0.25, 0.3) is 0 Å². The molecular formula is C31H62N2O8. The summed E-state index contributed by atoms with van der Waals surface area (Å²) in [5.74, 6) is -3.73. The summed E-state index contributed by atoms with van der Waals surface area (Å²) < 4.78 is 0. The summed E-state index contributed by atoms with van der Waals surface area (Å²) >= 11 is 0. The number of primary amides is 1. The number of carboxylic acids is 3. The number of hydrogen-bond donors (Lipinski definition) is 5. The third-order valence-electron chi connectivity index (χ3n) is 6.45. The van der Waals surface area contributed by atoms with Gasteiger partial charge in [-0.1, -0.05) is 122 Å². The Balaban J connectivity index is -0.000000690. The number of amides is 1. The minimum absolute atomic E-state index is 0.237. The van der Waals surface area contributed by atoms with Gasteiger partial charge >= 0.3 is 17.9 Å². The number of nitrogens with two attached hydrogens (primary N) is 1. The fraction of sp³-hybridized carbons (Fsp3) is 0.871. The van der Waals surface area contributed by atoms with Crippen molar-refractivity contribution in [1.82, 2.24) is 4.90 Å². The summed E-state index contributed by atoms with van der Waals surface area (Å²) in [5.41, 5.74) is 4.88. The van der Waals surface area contributed by atoms with E-state index in [1.54, 1.807) is 0 Å². The summed E-state index contributed by atoms with van der Waals surface area (Å²) in [6, 6.07) is 0. The molecule has 0 saturated carbocycles. The Kier molecular flexibility index (Phi) is 35.9. The Hall–Kier alpha value is -2.20. The molecule has 0 aromatic rings. The number of rotatable bonds is 26. The van der Waals surface area contributed by atoms with Crippen LogP contribution in [0.5, 0.6) is 0 Å². The summed E-state index contributed by atoms with van der Waals surface area (Å²) in [7, 11) is 3.81. The van der Waals surface area contributed by atoms with Crippen molar-refractivity contribution in [2.24, 2.45) is 5.73 Å². The van der Waals surface area contributed by atoms with Crippen LogP contribution in [0.3, 0.4) is 0 Å². The highest BCUT2D eigenvalue weighted by atomic mass is 16.4. The maximum atomic E-state index is 10.4. The van der Waals surface area contributed by atoms with Gasteiger partial charge in [0.05, 0.1) is 6.42 Å². The second-order valence-electron chi connectivity index (χ2n) is 11.0. The molecule has 10 nitrogen and oxygen atoms in total. The topological polar surface area (TPSA) is 178 Å². The maximum absolute atomic E-state index is 10.4. The van der Waals surface area contributed by atoms with Crippen molar-refractivity contribution in [3.8, 4) is 0 Å². The molecule has 0 aliphatic rings. The van der Waals surface area contributed by atoms with Crippen molar-refractivity contribution in [3.05, 3.63) is 0 Å². The van der Waals surface area contributed by atoms with E-state index in [0.717, 1.165) is 19.4 Å². The van der Waals surface area contributed by atoms with E-state index in [1.807, 2.05) is 19.0 Å². The molecule has 1 amide bonds. The first-order chi connectivity index (χ1) is 19.4. The highest BCUT2D eigenvalue weighted by Gasteiger charge is 2.16. The molecule has 0 saturated heterocycles. The minimum Gasteiger partial charge on any atom is -0.481 e. The largest absolute Gasteiger partial charge is 0.481 e. The highest BCUT2D eigenvalue weighted by Crippen LogP contribution is 2.14. The zero-order valence-electron chi connectivity index (χ0n) is 26.3. The quantitative estimate of drug-likeness (QED) is 0.0731. The van der Waals surface area contributed by atoms with Crippen LogP contribution in [0.2, 0.25) is 0 Å². The van der Waals surface area contributed by atoms with Crippen molar-refractivity contribution < 1.29 is 39.6 Å². The number of unbranched alkanes of at least 4 members (excludes halogenated alkanes) is 18. The van der Waals surface area contributed by atoms with Gasteiger partial charge in [-0.15, -0.1) is 0 Å². The lowest BCUT2D eigenvalue weighted by molar-refractivity contribution is -0.152. The Morgan fingerprint density at radius 3 is 1.12 bits per heavy atom. The summed E-state index contributed by atoms with van der Waals surface area (Å²) in [6.45, 7) is 3.03. The number of carboxylic acid groups (broad SMARTS) is 3. The monoisotopic (exact) mass is 590 g/mol. The van der Waals surface area contributed by atoms with E-state index in [1.165, 1.54) is 109 Å². The summed E-state index contributed by atoms with van der Waals surface area (Å²) in [5, 5.41) is 32.7. The van der Waals surface area contributed by atoms with E-state index < -0.39 is 30.4 Å². The van der Waals surface area contributed by atoms with Gasteiger partial charge in [0.1, 0.15) is 0 Å². The molecule has 1 unspecified atom stereocenters. The molecule has 41 heavy (non-hydrogen) atoms. The zero-order valence-corrected chi connectivity index (χ0v) is 26.3. The molecule has 0 aliphatic carbocycles. The number of aliphatic hydroxyl groups excluding tert-OH is 1. The predicted molar refractivity (Wildman–Crippen MR) is 164 cm³/mol. The van der Waals surface area contributed by atoms with Gasteiger partial charge in [0.15, 0.2) is 6.10 Å². The Labute approximate surface area is 249 Å². The molecule has 244 valence electrons. The summed E-state index contributed by atoms with van der Waals surface area (Å²) in [6.07, 6.45) is 24.0. The van der Waals surface area contributed by atoms with Crippen LogP contribution >= 0.6 is 0 Å². The molecule has 0 rings (SSSR count). The van der Waals surface area contributed by atoms with Crippen LogP contribution in [-0.2, 0) is 19.2 Å². The van der Waals surface area contributed by atoms with Gasteiger partial charge < -0.3 is 31.1 Å². The molecular weight excluding hydrogens is 528 g/mol. The number of aliphatic carboxylic acids is 3. The molecule has 0 aliphatic heterocycles. The van der Waals surface area contributed by atoms with Crippen LogP contribution in [0.25, 0.3) is 0 Å². The fourth-order valence-electron chi connectivity index (χ4n) is 3.94. The van der Waals surface area contributed by atoms with Crippen molar-refractivity contribution in [2.75, 3.05) is 20.6 Å². The first kappa shape index (κ1) is 43.3. The van der Waals surface area contributed by atoms with Crippen LogP contribution in [0.15, 0.2) is 0 Å². The number of nitrogens with zero attached hydrogens (tertiary/aromatic N) is 1. The average molecular weight is 591 g/mol. The van der Waals surface area contributed by atoms with Crippen molar-refractivity contribution in [1.29, 1.82) is 0 Å². The lowest BCUT2D eigenvalue weighted by atomic mass is 10.0. The van der Waals surface area contributed by atoms with E-state index in [9.17, 15) is 19.2 Å². The van der Waals surface area contributed by atoms with Crippen LogP contribution in [-0.4, -0.2) is 75.9 Å². The molecule has 0 bridgehead atoms. The van der Waals surface area contributed by atoms with E-state index >= 15 is 0 Å². The minimum atomic E-state index is -1.79. The van der Waals surface area contributed by atoms with Crippen molar-refractivity contribution >= 4 is 23.8 Å². The van der Waals surface area contributed by atoms with Gasteiger partial charge in [-0.3, -0.25) is 14.4 Å². The molecule has 0 fully saturated rings. The Bertz CT molecular complexity index is 629. The average Bonchev–Trinajstić information content (AvgIpc) is 2.89. The number of carbonyl (C=O) groups is 4. The van der Waals surface area contributed by atoms with E-state index in [-0.39, 0.29) is 5.91 Å². The molecule has 0 heterocycles. The van der Waals surface area contributed by atoms with Gasteiger partial charge in [0, 0.05) is 19.4 Å². The smallest absolute Gasteiger partial charge is 0.333 e. The second kappa shape index (κ2) is 34.0. The first-order valence-electron chi connectivity index (χ1n) is 15.7. The van der Waals surface area contributed by atoms with E-state index in [4.69, 9.17) is 26.2 Å². The zero-order chi connectivity index (χ0) is 31.7. The molecule has 0 aromatic heterocycles. The summed E-state index contributed by atoms with van der Waals surface area (Å²) in [4.78, 5) is 41.8. The SMILES string of the molecule is CCCCCCCCCCCCCCCCCCCCCC(=O)O.CN(C)CCC(N)=O.O=C(O)CC(O)C(=O)O. The standard InChI is InChI=1S/C22H44O2.C5H12N2O.C4H6O5/c1-2-3-4-5-6-7-8-9-10-11-12-13-14-15-16-17-18-19-20-21-22(23)24;1-7(2)4-3-5(6)8;5-2(4(8)9)1-3(6)7/h2-21H2,1H3,(H,23,24);3-4H2,1-2H3,(H2,6,8);2,5H,1H2,(H,6,7)(H,8,9). The van der Waals surface area contributed by atoms with Crippen LogP contribution in [0, 0.1) is 0 Å². The number of aliphatic hydroxyl groups is 1. The van der Waals surface area contributed by atoms with Crippen LogP contribution in [0.4, 0.5) is 0 Å². The maximum Gasteiger partial charge on any atom is 0.333 e. The van der Waals surface area contributed by atoms with Gasteiger partial charge in [-0.25, -0.2) is 4.79 Å². The first-order valence-corrected chi connectivity index (χ1v) is 15.7. The molecule has 6 N–H and O–H groups in total.